The molecule has 0 fully saturated rings. The summed E-state index contributed by atoms with van der Waals surface area (Å²) in [5.41, 5.74) is 5.25. The van der Waals surface area contributed by atoms with Gasteiger partial charge in [0.1, 0.15) is 11.5 Å². The summed E-state index contributed by atoms with van der Waals surface area (Å²) in [6.07, 6.45) is 0.263. The topological polar surface area (TPSA) is 35.5 Å². The van der Waals surface area contributed by atoms with E-state index in [4.69, 9.17) is 9.47 Å². The summed E-state index contributed by atoms with van der Waals surface area (Å²) in [7, 11) is 1.62. The van der Waals surface area contributed by atoms with Crippen LogP contribution in [0, 0.1) is 13.8 Å². The summed E-state index contributed by atoms with van der Waals surface area (Å²) < 4.78 is 10.7. The van der Waals surface area contributed by atoms with Crippen molar-refractivity contribution in [2.45, 2.75) is 20.3 Å². The van der Waals surface area contributed by atoms with Crippen LogP contribution in [-0.4, -0.2) is 13.1 Å². The Bertz CT molecular complexity index is 702. The summed E-state index contributed by atoms with van der Waals surface area (Å²) in [6.45, 7) is 4.08. The van der Waals surface area contributed by atoms with Crippen molar-refractivity contribution in [3.63, 3.8) is 0 Å². The van der Waals surface area contributed by atoms with E-state index in [9.17, 15) is 4.79 Å². The third-order valence-electron chi connectivity index (χ3n) is 3.76. The average molecular weight is 268 g/mol. The average Bonchev–Trinajstić information content (AvgIpc) is 2.54. The van der Waals surface area contributed by atoms with Crippen LogP contribution >= 0.6 is 0 Å². The van der Waals surface area contributed by atoms with Crippen molar-refractivity contribution in [3.8, 4) is 22.6 Å². The second-order valence-corrected chi connectivity index (χ2v) is 5.11. The lowest BCUT2D eigenvalue weighted by molar-refractivity contribution is -0.133. The van der Waals surface area contributed by atoms with Gasteiger partial charge in [0.25, 0.3) is 0 Å². The highest BCUT2D eigenvalue weighted by atomic mass is 16.5. The molecule has 3 rings (SSSR count). The number of ether oxygens (including phenoxy) is 2. The van der Waals surface area contributed by atoms with E-state index in [1.807, 2.05) is 31.2 Å². The van der Waals surface area contributed by atoms with Crippen molar-refractivity contribution >= 4 is 5.97 Å². The van der Waals surface area contributed by atoms with Gasteiger partial charge in [-0.3, -0.25) is 4.79 Å². The van der Waals surface area contributed by atoms with E-state index in [0.29, 0.717) is 5.75 Å². The lowest BCUT2D eigenvalue weighted by Crippen LogP contribution is -2.09. The van der Waals surface area contributed by atoms with Crippen LogP contribution in [-0.2, 0) is 11.2 Å². The molecular weight excluding hydrogens is 252 g/mol. The maximum Gasteiger partial charge on any atom is 0.315 e. The standard InChI is InChI=1S/C17H16O3/c1-10-6-15-14-5-4-13(19-3)8-12(14)9-17(18)20-16(15)7-11(10)2/h4-8H,9H2,1-3H3. The van der Waals surface area contributed by atoms with Gasteiger partial charge in [0.15, 0.2) is 0 Å². The quantitative estimate of drug-likeness (QED) is 0.587. The molecule has 0 saturated heterocycles. The van der Waals surface area contributed by atoms with Crippen molar-refractivity contribution in [1.82, 2.24) is 0 Å². The van der Waals surface area contributed by atoms with Gasteiger partial charge in [0, 0.05) is 5.56 Å². The zero-order valence-electron chi connectivity index (χ0n) is 11.8. The lowest BCUT2D eigenvalue weighted by Gasteiger charge is -2.11. The van der Waals surface area contributed by atoms with Gasteiger partial charge in [0.05, 0.1) is 13.5 Å². The van der Waals surface area contributed by atoms with E-state index in [0.717, 1.165) is 28.0 Å². The predicted molar refractivity (Wildman–Crippen MR) is 77.2 cm³/mol. The molecule has 1 aliphatic heterocycles. The molecule has 1 aliphatic rings. The molecule has 1 heterocycles. The minimum Gasteiger partial charge on any atom is -0.497 e. The Kier molecular flexibility index (Phi) is 2.97. The van der Waals surface area contributed by atoms with Gasteiger partial charge < -0.3 is 9.47 Å². The number of hydrogen-bond donors (Lipinski definition) is 0. The molecule has 0 amide bonds. The number of rotatable bonds is 1. The Balaban J connectivity index is 2.26. The number of hydrogen-bond acceptors (Lipinski definition) is 3. The Hall–Kier alpha value is -2.29. The minimum atomic E-state index is -0.235. The Morgan fingerprint density at radius 3 is 2.55 bits per heavy atom. The highest BCUT2D eigenvalue weighted by Crippen LogP contribution is 2.38. The van der Waals surface area contributed by atoms with Gasteiger partial charge >= 0.3 is 5.97 Å². The molecule has 0 aliphatic carbocycles. The van der Waals surface area contributed by atoms with E-state index in [1.165, 1.54) is 5.56 Å². The first-order valence-corrected chi connectivity index (χ1v) is 6.57. The third-order valence-corrected chi connectivity index (χ3v) is 3.76. The monoisotopic (exact) mass is 268 g/mol. The van der Waals surface area contributed by atoms with Crippen LogP contribution in [0.5, 0.6) is 11.5 Å². The summed E-state index contributed by atoms with van der Waals surface area (Å²) in [4.78, 5) is 11.9. The number of methoxy groups -OCH3 is 1. The zero-order chi connectivity index (χ0) is 14.3. The van der Waals surface area contributed by atoms with Gasteiger partial charge in [-0.05, 0) is 60.4 Å². The van der Waals surface area contributed by atoms with Crippen LogP contribution in [0.15, 0.2) is 30.3 Å². The second kappa shape index (κ2) is 4.67. The first-order chi connectivity index (χ1) is 9.58. The van der Waals surface area contributed by atoms with Gasteiger partial charge in [-0.15, -0.1) is 0 Å². The van der Waals surface area contributed by atoms with Crippen LogP contribution in [0.2, 0.25) is 0 Å². The summed E-state index contributed by atoms with van der Waals surface area (Å²) in [5, 5.41) is 0. The van der Waals surface area contributed by atoms with E-state index in [1.54, 1.807) is 7.11 Å². The maximum atomic E-state index is 11.9. The molecule has 0 saturated carbocycles. The normalized spacial score (nSPS) is 13.1. The molecule has 3 nitrogen and oxygen atoms in total. The van der Waals surface area contributed by atoms with Crippen molar-refractivity contribution in [1.29, 1.82) is 0 Å². The van der Waals surface area contributed by atoms with Crippen LogP contribution in [0.3, 0.4) is 0 Å². The van der Waals surface area contributed by atoms with E-state index in [-0.39, 0.29) is 12.4 Å². The van der Waals surface area contributed by atoms with Gasteiger partial charge in [0.2, 0.25) is 0 Å². The Morgan fingerprint density at radius 1 is 1.05 bits per heavy atom. The van der Waals surface area contributed by atoms with Crippen LogP contribution in [0.4, 0.5) is 0 Å². The van der Waals surface area contributed by atoms with Gasteiger partial charge in [-0.2, -0.15) is 0 Å². The number of carbonyl (C=O) groups is 1. The summed E-state index contributed by atoms with van der Waals surface area (Å²) in [5.74, 6) is 1.16. The van der Waals surface area contributed by atoms with Gasteiger partial charge in [-0.25, -0.2) is 0 Å². The molecule has 102 valence electrons. The number of aryl methyl sites for hydroxylation is 2. The molecule has 0 aromatic heterocycles. The third kappa shape index (κ3) is 2.05. The van der Waals surface area contributed by atoms with Crippen LogP contribution in [0.1, 0.15) is 16.7 Å². The number of esters is 1. The fourth-order valence-corrected chi connectivity index (χ4v) is 2.50. The molecule has 2 aromatic carbocycles. The molecule has 0 radical (unpaired) electrons. The summed E-state index contributed by atoms with van der Waals surface area (Å²) in [6, 6.07) is 9.81. The SMILES string of the molecule is COc1ccc2c(c1)CC(=O)Oc1cc(C)c(C)cc1-2. The molecular formula is C17H16O3. The highest BCUT2D eigenvalue weighted by Gasteiger charge is 2.21. The molecule has 0 unspecified atom stereocenters. The van der Waals surface area contributed by atoms with Crippen molar-refractivity contribution in [2.75, 3.05) is 7.11 Å². The van der Waals surface area contributed by atoms with Crippen LogP contribution in [0.25, 0.3) is 11.1 Å². The van der Waals surface area contributed by atoms with E-state index < -0.39 is 0 Å². The molecule has 0 spiro atoms. The fraction of sp³-hybridized carbons (Fsp3) is 0.235. The minimum absolute atomic E-state index is 0.235. The molecule has 2 aromatic rings. The lowest BCUT2D eigenvalue weighted by atomic mass is 9.95. The Morgan fingerprint density at radius 2 is 1.80 bits per heavy atom. The molecule has 0 atom stereocenters. The van der Waals surface area contributed by atoms with Crippen LogP contribution < -0.4 is 9.47 Å². The number of carbonyl (C=O) groups excluding carboxylic acids is 1. The predicted octanol–water partition coefficient (Wildman–Crippen LogP) is 3.44. The molecule has 0 bridgehead atoms. The first kappa shape index (κ1) is 12.7. The molecule has 0 N–H and O–H groups in total. The highest BCUT2D eigenvalue weighted by molar-refractivity contribution is 5.87. The first-order valence-electron chi connectivity index (χ1n) is 6.57. The molecule has 20 heavy (non-hydrogen) atoms. The smallest absolute Gasteiger partial charge is 0.315 e. The fourth-order valence-electron chi connectivity index (χ4n) is 2.50. The van der Waals surface area contributed by atoms with Crippen molar-refractivity contribution in [2.24, 2.45) is 0 Å². The van der Waals surface area contributed by atoms with Crippen molar-refractivity contribution < 1.29 is 14.3 Å². The zero-order valence-corrected chi connectivity index (χ0v) is 11.8. The Labute approximate surface area is 118 Å². The van der Waals surface area contributed by atoms with E-state index >= 15 is 0 Å². The van der Waals surface area contributed by atoms with E-state index in [2.05, 4.69) is 13.0 Å². The summed E-state index contributed by atoms with van der Waals surface area (Å²) >= 11 is 0. The van der Waals surface area contributed by atoms with Gasteiger partial charge in [-0.1, -0.05) is 6.07 Å². The molecule has 3 heteroatoms. The number of fused-ring (bicyclic) bond motifs is 3. The number of benzene rings is 2. The second-order valence-electron chi connectivity index (χ2n) is 5.11. The van der Waals surface area contributed by atoms with Crippen molar-refractivity contribution in [3.05, 3.63) is 47.0 Å². The maximum absolute atomic E-state index is 11.9. The largest absolute Gasteiger partial charge is 0.497 e.